The number of nitrogens with two attached hydrogens (primary N) is 1. The Hall–Kier alpha value is -0.900. The lowest BCUT2D eigenvalue weighted by Gasteiger charge is -2.06. The molecule has 0 radical (unpaired) electrons. The van der Waals surface area contributed by atoms with Gasteiger partial charge in [0.05, 0.1) is 12.7 Å². The zero-order valence-electron chi connectivity index (χ0n) is 6.07. The van der Waals surface area contributed by atoms with Gasteiger partial charge >= 0.3 is 0 Å². The van der Waals surface area contributed by atoms with Crippen molar-refractivity contribution in [2.75, 3.05) is 0 Å². The largest absolute Gasteiger partial charge is 0.326 e. The highest BCUT2D eigenvalue weighted by Crippen LogP contribution is 1.89. The molecule has 0 amide bonds. The zero-order valence-corrected chi connectivity index (χ0v) is 6.07. The van der Waals surface area contributed by atoms with Crippen molar-refractivity contribution in [1.29, 1.82) is 0 Å². The van der Waals surface area contributed by atoms with Crippen LogP contribution >= 0.6 is 0 Å². The summed E-state index contributed by atoms with van der Waals surface area (Å²) in [5.41, 5.74) is 5.68. The first-order chi connectivity index (χ1) is 4.83. The molecule has 1 heterocycles. The molecule has 56 valence electrons. The van der Waals surface area contributed by atoms with Crippen LogP contribution in [0.25, 0.3) is 0 Å². The molecular formula is C6H12N4. The Morgan fingerprint density at radius 2 is 2.50 bits per heavy atom. The van der Waals surface area contributed by atoms with E-state index in [2.05, 4.69) is 17.2 Å². The second kappa shape index (κ2) is 3.31. The fraction of sp³-hybridized carbons (Fsp3) is 0.667. The summed E-state index contributed by atoms with van der Waals surface area (Å²) < 4.78 is 1.74. The number of aromatic nitrogens is 3. The molecular weight excluding hydrogens is 128 g/mol. The second-order valence-corrected chi connectivity index (χ2v) is 2.29. The van der Waals surface area contributed by atoms with E-state index in [0.717, 1.165) is 13.0 Å². The number of hydrogen-bond acceptors (Lipinski definition) is 3. The molecule has 0 aliphatic heterocycles. The van der Waals surface area contributed by atoms with Gasteiger partial charge in [-0.2, -0.15) is 0 Å². The SMILES string of the molecule is CC[C@@H](N)Cn1ccnn1. The maximum atomic E-state index is 5.68. The standard InChI is InChI=1S/C6H12N4/c1-2-6(7)5-10-4-3-8-9-10/h3-4,6H,2,5,7H2,1H3/t6-/m1/s1. The maximum absolute atomic E-state index is 5.68. The van der Waals surface area contributed by atoms with E-state index < -0.39 is 0 Å². The van der Waals surface area contributed by atoms with E-state index in [1.807, 2.05) is 6.20 Å². The second-order valence-electron chi connectivity index (χ2n) is 2.29. The van der Waals surface area contributed by atoms with E-state index >= 15 is 0 Å². The molecule has 1 atom stereocenters. The fourth-order valence-corrected chi connectivity index (χ4v) is 0.699. The van der Waals surface area contributed by atoms with Crippen molar-refractivity contribution in [2.45, 2.75) is 25.9 Å². The van der Waals surface area contributed by atoms with Crippen LogP contribution in [0.4, 0.5) is 0 Å². The summed E-state index contributed by atoms with van der Waals surface area (Å²) in [4.78, 5) is 0. The van der Waals surface area contributed by atoms with Gasteiger partial charge in [0, 0.05) is 12.2 Å². The molecule has 0 aromatic carbocycles. The molecule has 1 aromatic rings. The molecule has 0 saturated carbocycles. The van der Waals surface area contributed by atoms with Gasteiger partial charge in [-0.1, -0.05) is 12.1 Å². The Bertz CT molecular complexity index is 170. The van der Waals surface area contributed by atoms with E-state index in [-0.39, 0.29) is 6.04 Å². The molecule has 2 N–H and O–H groups in total. The van der Waals surface area contributed by atoms with Crippen molar-refractivity contribution in [3.63, 3.8) is 0 Å². The molecule has 1 aromatic heterocycles. The monoisotopic (exact) mass is 140 g/mol. The van der Waals surface area contributed by atoms with Gasteiger partial charge in [0.2, 0.25) is 0 Å². The van der Waals surface area contributed by atoms with Crippen molar-refractivity contribution in [3.8, 4) is 0 Å². The van der Waals surface area contributed by atoms with Gasteiger partial charge in [-0.15, -0.1) is 5.10 Å². The first-order valence-electron chi connectivity index (χ1n) is 3.42. The summed E-state index contributed by atoms with van der Waals surface area (Å²) in [5.74, 6) is 0. The third-order valence-corrected chi connectivity index (χ3v) is 1.42. The Labute approximate surface area is 60.0 Å². The molecule has 4 heteroatoms. The number of rotatable bonds is 3. The molecule has 0 spiro atoms. The smallest absolute Gasteiger partial charge is 0.0692 e. The van der Waals surface area contributed by atoms with Crippen LogP contribution in [0, 0.1) is 0 Å². The van der Waals surface area contributed by atoms with Crippen molar-refractivity contribution in [1.82, 2.24) is 15.0 Å². The quantitative estimate of drug-likeness (QED) is 0.643. The lowest BCUT2D eigenvalue weighted by Crippen LogP contribution is -2.25. The molecule has 10 heavy (non-hydrogen) atoms. The molecule has 0 aliphatic rings. The Kier molecular flexibility index (Phi) is 2.39. The van der Waals surface area contributed by atoms with Crippen molar-refractivity contribution < 1.29 is 0 Å². The fourth-order valence-electron chi connectivity index (χ4n) is 0.699. The van der Waals surface area contributed by atoms with Gasteiger partial charge in [0.15, 0.2) is 0 Å². The normalized spacial score (nSPS) is 13.4. The summed E-state index contributed by atoms with van der Waals surface area (Å²) in [7, 11) is 0. The summed E-state index contributed by atoms with van der Waals surface area (Å²) >= 11 is 0. The minimum Gasteiger partial charge on any atom is -0.326 e. The maximum Gasteiger partial charge on any atom is 0.0692 e. The van der Waals surface area contributed by atoms with Crippen LogP contribution in [0.3, 0.4) is 0 Å². The van der Waals surface area contributed by atoms with Crippen LogP contribution in [0.2, 0.25) is 0 Å². The average Bonchev–Trinajstić information content (AvgIpc) is 2.40. The minimum atomic E-state index is 0.196. The highest BCUT2D eigenvalue weighted by atomic mass is 15.4. The van der Waals surface area contributed by atoms with E-state index in [0.29, 0.717) is 0 Å². The summed E-state index contributed by atoms with van der Waals surface area (Å²) in [6.45, 7) is 2.82. The van der Waals surface area contributed by atoms with Crippen molar-refractivity contribution in [2.24, 2.45) is 5.73 Å². The lowest BCUT2D eigenvalue weighted by atomic mass is 10.2. The van der Waals surface area contributed by atoms with Crippen LogP contribution < -0.4 is 5.73 Å². The van der Waals surface area contributed by atoms with Gasteiger partial charge in [-0.05, 0) is 6.42 Å². The average molecular weight is 140 g/mol. The first kappa shape index (κ1) is 7.21. The molecule has 0 fully saturated rings. The van der Waals surface area contributed by atoms with Gasteiger partial charge in [-0.25, -0.2) is 0 Å². The molecule has 0 aliphatic carbocycles. The van der Waals surface area contributed by atoms with Gasteiger partial charge in [-0.3, -0.25) is 4.68 Å². The Morgan fingerprint density at radius 1 is 1.70 bits per heavy atom. The number of hydrogen-bond donors (Lipinski definition) is 1. The molecule has 0 unspecified atom stereocenters. The molecule has 4 nitrogen and oxygen atoms in total. The van der Waals surface area contributed by atoms with Gasteiger partial charge < -0.3 is 5.73 Å². The van der Waals surface area contributed by atoms with Crippen LogP contribution in [0.1, 0.15) is 13.3 Å². The van der Waals surface area contributed by atoms with E-state index in [9.17, 15) is 0 Å². The zero-order chi connectivity index (χ0) is 7.40. The summed E-state index contributed by atoms with van der Waals surface area (Å²) in [5, 5.41) is 7.46. The molecule has 0 saturated heterocycles. The minimum absolute atomic E-state index is 0.196. The van der Waals surface area contributed by atoms with Gasteiger partial charge in [0.1, 0.15) is 0 Å². The topological polar surface area (TPSA) is 56.7 Å². The third-order valence-electron chi connectivity index (χ3n) is 1.42. The van der Waals surface area contributed by atoms with Crippen molar-refractivity contribution in [3.05, 3.63) is 12.4 Å². The van der Waals surface area contributed by atoms with E-state index in [4.69, 9.17) is 5.73 Å². The Balaban J connectivity index is 2.40. The number of nitrogens with zero attached hydrogens (tertiary/aromatic N) is 3. The van der Waals surface area contributed by atoms with Gasteiger partial charge in [0.25, 0.3) is 0 Å². The third kappa shape index (κ3) is 1.80. The predicted octanol–water partition coefficient (Wildman–Crippen LogP) is 0.0154. The summed E-state index contributed by atoms with van der Waals surface area (Å²) in [6.07, 6.45) is 4.44. The lowest BCUT2D eigenvalue weighted by molar-refractivity contribution is 0.489. The highest BCUT2D eigenvalue weighted by molar-refractivity contribution is 4.67. The molecule has 0 bridgehead atoms. The van der Waals surface area contributed by atoms with E-state index in [1.165, 1.54) is 0 Å². The van der Waals surface area contributed by atoms with E-state index in [1.54, 1.807) is 10.9 Å². The van der Waals surface area contributed by atoms with Crippen LogP contribution in [-0.4, -0.2) is 21.0 Å². The van der Waals surface area contributed by atoms with Crippen molar-refractivity contribution >= 4 is 0 Å². The molecule has 1 rings (SSSR count). The predicted molar refractivity (Wildman–Crippen MR) is 38.3 cm³/mol. The first-order valence-corrected chi connectivity index (χ1v) is 3.42. The van der Waals surface area contributed by atoms with Crippen LogP contribution in [0.5, 0.6) is 0 Å². The van der Waals surface area contributed by atoms with Crippen LogP contribution in [0.15, 0.2) is 12.4 Å². The highest BCUT2D eigenvalue weighted by Gasteiger charge is 1.98. The summed E-state index contributed by atoms with van der Waals surface area (Å²) in [6, 6.07) is 0.196. The van der Waals surface area contributed by atoms with Crippen LogP contribution in [-0.2, 0) is 6.54 Å². The Morgan fingerprint density at radius 3 is 3.00 bits per heavy atom.